The second-order valence-electron chi connectivity index (χ2n) is 13.5. The molecule has 204 valence electrons. The summed E-state index contributed by atoms with van der Waals surface area (Å²) in [6.07, 6.45) is 10.9. The van der Waals surface area contributed by atoms with Crippen LogP contribution >= 0.6 is 0 Å². The number of benzene rings is 1. The van der Waals surface area contributed by atoms with E-state index in [4.69, 9.17) is 14.2 Å². The van der Waals surface area contributed by atoms with Gasteiger partial charge in [-0.2, -0.15) is 0 Å². The van der Waals surface area contributed by atoms with Crippen molar-refractivity contribution in [3.63, 3.8) is 0 Å². The third-order valence-electron chi connectivity index (χ3n) is 11.2. The maximum atomic E-state index is 12.7. The number of ether oxygens (including phenoxy) is 3. The molecule has 4 saturated carbocycles. The molecule has 0 unspecified atom stereocenters. The number of ketones is 1. The molecule has 1 N–H and O–H groups in total. The van der Waals surface area contributed by atoms with Gasteiger partial charge in [-0.05, 0) is 111 Å². The maximum absolute atomic E-state index is 12.7. The number of carbonyl (C=O) groups excluding carboxylic acids is 2. The molecule has 1 aromatic carbocycles. The Labute approximate surface area is 222 Å². The smallest absolute Gasteiger partial charge is 0.411 e. The van der Waals surface area contributed by atoms with Crippen LogP contribution in [0.5, 0.6) is 0 Å². The molecule has 0 radical (unpaired) electrons. The number of carbonyl (C=O) groups is 2. The van der Waals surface area contributed by atoms with Crippen molar-refractivity contribution in [3.8, 4) is 0 Å². The molecule has 5 rings (SSSR count). The molecule has 0 heterocycles. The second-order valence-corrected chi connectivity index (χ2v) is 13.5. The third-order valence-corrected chi connectivity index (χ3v) is 11.2. The largest absolute Gasteiger partial charge is 0.449 e. The molecule has 6 nitrogen and oxygen atoms in total. The summed E-state index contributed by atoms with van der Waals surface area (Å²) in [5.74, 6) is 1.27. The van der Waals surface area contributed by atoms with Crippen LogP contribution in [0.15, 0.2) is 24.3 Å². The van der Waals surface area contributed by atoms with Crippen molar-refractivity contribution in [2.45, 2.75) is 91.6 Å². The van der Waals surface area contributed by atoms with Crippen LogP contribution in [0.1, 0.15) is 95.8 Å². The first-order valence-corrected chi connectivity index (χ1v) is 14.2. The van der Waals surface area contributed by atoms with Gasteiger partial charge in [0.05, 0.1) is 12.7 Å². The number of fused-ring (bicyclic) bond motifs is 3. The fourth-order valence-electron chi connectivity index (χ4n) is 9.60. The molecule has 0 aliphatic heterocycles. The minimum Gasteiger partial charge on any atom is -0.449 e. The molecule has 2 bridgehead atoms. The number of nitrogens with one attached hydrogen (secondary N) is 1. The zero-order valence-electron chi connectivity index (χ0n) is 23.4. The van der Waals surface area contributed by atoms with Gasteiger partial charge >= 0.3 is 6.09 Å². The Morgan fingerprint density at radius 2 is 1.73 bits per heavy atom. The average Bonchev–Trinajstić information content (AvgIpc) is 3.05. The summed E-state index contributed by atoms with van der Waals surface area (Å²) in [7, 11) is 1.71. The fourth-order valence-corrected chi connectivity index (χ4v) is 9.60. The predicted molar refractivity (Wildman–Crippen MR) is 143 cm³/mol. The highest BCUT2D eigenvalue weighted by Crippen LogP contribution is 2.74. The van der Waals surface area contributed by atoms with E-state index >= 15 is 0 Å². The fraction of sp³-hybridized carbons (Fsp3) is 0.742. The first kappa shape index (κ1) is 26.7. The van der Waals surface area contributed by atoms with Gasteiger partial charge in [0, 0.05) is 23.8 Å². The van der Waals surface area contributed by atoms with E-state index in [-0.39, 0.29) is 22.0 Å². The van der Waals surface area contributed by atoms with E-state index in [0.717, 1.165) is 12.8 Å². The zero-order chi connectivity index (χ0) is 26.5. The molecule has 1 spiro atoms. The van der Waals surface area contributed by atoms with E-state index in [9.17, 15) is 9.59 Å². The lowest BCUT2D eigenvalue weighted by atomic mass is 9.40. The van der Waals surface area contributed by atoms with Crippen LogP contribution in [0.25, 0.3) is 0 Å². The van der Waals surface area contributed by atoms with Gasteiger partial charge in [0.15, 0.2) is 5.78 Å². The molecule has 4 fully saturated rings. The summed E-state index contributed by atoms with van der Waals surface area (Å²) in [4.78, 5) is 24.2. The van der Waals surface area contributed by atoms with Crippen LogP contribution in [0, 0.1) is 33.5 Å². The summed E-state index contributed by atoms with van der Waals surface area (Å²) >= 11 is 0. The van der Waals surface area contributed by atoms with Crippen molar-refractivity contribution < 1.29 is 23.8 Å². The molecule has 0 saturated heterocycles. The van der Waals surface area contributed by atoms with Gasteiger partial charge in [-0.15, -0.1) is 0 Å². The molecule has 6 heteroatoms. The van der Waals surface area contributed by atoms with Crippen molar-refractivity contribution in [1.29, 1.82) is 0 Å². The van der Waals surface area contributed by atoms with Crippen LogP contribution in [-0.2, 0) is 14.2 Å². The first-order valence-electron chi connectivity index (χ1n) is 14.2. The Kier molecular flexibility index (Phi) is 6.98. The van der Waals surface area contributed by atoms with Crippen molar-refractivity contribution in [2.75, 3.05) is 25.8 Å². The zero-order valence-corrected chi connectivity index (χ0v) is 23.4. The van der Waals surface area contributed by atoms with Crippen LogP contribution < -0.4 is 5.32 Å². The standard InChI is InChI=1S/C31H45NO5/c1-21(33)22-7-9-23(10-8-22)32-27(34)36-19-29(3)13-6-14-30(4)24(29)12-16-31-17-26(37-20-35-5)28(2,18-31)15-11-25(30)31/h7-10,24-26H,6,11-20H2,1-5H3,(H,32,34)/t24-,25+,26-,28+,29+,30-,31+/m1/s1. The quantitative estimate of drug-likeness (QED) is 0.309. The molecular weight excluding hydrogens is 466 g/mol. The van der Waals surface area contributed by atoms with Crippen molar-refractivity contribution in [3.05, 3.63) is 29.8 Å². The minimum absolute atomic E-state index is 0.00915. The highest BCUT2D eigenvalue weighted by molar-refractivity contribution is 5.94. The molecule has 0 aromatic heterocycles. The summed E-state index contributed by atoms with van der Waals surface area (Å²) in [6.45, 7) is 9.73. The Balaban J connectivity index is 1.27. The van der Waals surface area contributed by atoms with E-state index in [1.54, 1.807) is 31.4 Å². The summed E-state index contributed by atoms with van der Waals surface area (Å²) in [6, 6.07) is 6.96. The lowest BCUT2D eigenvalue weighted by Crippen LogP contribution is -2.57. The van der Waals surface area contributed by atoms with Crippen molar-refractivity contribution in [1.82, 2.24) is 0 Å². The van der Waals surface area contributed by atoms with Gasteiger partial charge < -0.3 is 14.2 Å². The van der Waals surface area contributed by atoms with Gasteiger partial charge in [-0.3, -0.25) is 10.1 Å². The van der Waals surface area contributed by atoms with Gasteiger partial charge in [0.1, 0.15) is 6.79 Å². The van der Waals surface area contributed by atoms with Crippen LogP contribution in [0.3, 0.4) is 0 Å². The van der Waals surface area contributed by atoms with Crippen molar-refractivity contribution >= 4 is 17.6 Å². The molecular formula is C31H45NO5. The first-order chi connectivity index (χ1) is 17.5. The number of amides is 1. The number of rotatable bonds is 7. The molecule has 1 amide bonds. The Morgan fingerprint density at radius 1 is 1.00 bits per heavy atom. The third kappa shape index (κ3) is 4.63. The SMILES string of the molecule is COCO[C@@H]1C[C@]23CC[C@@H]4[C@](C)(COC(=O)Nc5ccc(C(C)=O)cc5)CCC[C@@]4(C)[C@@H]2CC[C@@]1(C)C3. The van der Waals surface area contributed by atoms with Gasteiger partial charge in [0.2, 0.25) is 0 Å². The lowest BCUT2D eigenvalue weighted by Gasteiger charge is -2.64. The number of Topliss-reactive ketones (excluding diaryl/α,β-unsaturated/α-hetero) is 1. The van der Waals surface area contributed by atoms with Gasteiger partial charge in [-0.25, -0.2) is 4.79 Å². The van der Waals surface area contributed by atoms with E-state index in [1.165, 1.54) is 51.9 Å². The van der Waals surface area contributed by atoms with Gasteiger partial charge in [-0.1, -0.05) is 27.2 Å². The highest BCUT2D eigenvalue weighted by atomic mass is 16.7. The number of hydrogen-bond acceptors (Lipinski definition) is 5. The van der Waals surface area contributed by atoms with E-state index in [1.807, 2.05) is 0 Å². The van der Waals surface area contributed by atoms with Crippen molar-refractivity contribution in [2.24, 2.45) is 33.5 Å². The molecule has 37 heavy (non-hydrogen) atoms. The lowest BCUT2D eigenvalue weighted by molar-refractivity contribution is -0.163. The maximum Gasteiger partial charge on any atom is 0.411 e. The average molecular weight is 512 g/mol. The Bertz CT molecular complexity index is 1020. The minimum atomic E-state index is -0.418. The number of anilines is 1. The van der Waals surface area contributed by atoms with Crippen LogP contribution in [0.2, 0.25) is 0 Å². The van der Waals surface area contributed by atoms with E-state index in [0.29, 0.717) is 48.0 Å². The highest BCUT2D eigenvalue weighted by Gasteiger charge is 2.67. The number of hydrogen-bond donors (Lipinski definition) is 1. The molecule has 7 atom stereocenters. The molecule has 4 aliphatic rings. The summed E-state index contributed by atoms with van der Waals surface area (Å²) < 4.78 is 17.4. The van der Waals surface area contributed by atoms with E-state index in [2.05, 4.69) is 26.1 Å². The molecule has 4 aliphatic carbocycles. The Morgan fingerprint density at radius 3 is 2.43 bits per heavy atom. The predicted octanol–water partition coefficient (Wildman–Crippen LogP) is 7.23. The monoisotopic (exact) mass is 511 g/mol. The normalized spacial score (nSPS) is 40.4. The van der Waals surface area contributed by atoms with Gasteiger partial charge in [0.25, 0.3) is 0 Å². The second kappa shape index (κ2) is 9.68. The van der Waals surface area contributed by atoms with E-state index < -0.39 is 6.09 Å². The van der Waals surface area contributed by atoms with Crippen LogP contribution in [-0.4, -0.2) is 38.5 Å². The summed E-state index contributed by atoms with van der Waals surface area (Å²) in [5.41, 5.74) is 2.16. The van der Waals surface area contributed by atoms with Crippen LogP contribution in [0.4, 0.5) is 10.5 Å². The summed E-state index contributed by atoms with van der Waals surface area (Å²) in [5, 5.41) is 2.84. The Hall–Kier alpha value is -1.92. The topological polar surface area (TPSA) is 73.9 Å². The molecule has 1 aromatic rings. The number of methoxy groups -OCH3 is 1.